The van der Waals surface area contributed by atoms with Crippen molar-refractivity contribution in [1.82, 2.24) is 19.9 Å². The third-order valence-corrected chi connectivity index (χ3v) is 3.94. The summed E-state index contributed by atoms with van der Waals surface area (Å²) in [6, 6.07) is 1.68. The lowest BCUT2D eigenvalue weighted by atomic mass is 9.92. The van der Waals surface area contributed by atoms with Gasteiger partial charge in [0.05, 0.1) is 11.8 Å². The van der Waals surface area contributed by atoms with Crippen LogP contribution >= 0.6 is 0 Å². The van der Waals surface area contributed by atoms with Crippen molar-refractivity contribution in [1.29, 1.82) is 0 Å². The Bertz CT molecular complexity index is 682. The van der Waals surface area contributed by atoms with E-state index >= 15 is 0 Å². The first-order valence-electron chi connectivity index (χ1n) is 7.19. The molecule has 1 saturated heterocycles. The van der Waals surface area contributed by atoms with Gasteiger partial charge in [-0.05, 0) is 18.9 Å². The molecule has 1 atom stereocenters. The highest BCUT2D eigenvalue weighted by Crippen LogP contribution is 2.28. The number of nitrogens with two attached hydrogens (primary N) is 1. The highest BCUT2D eigenvalue weighted by atomic mass is 16.2. The molecule has 0 saturated carbocycles. The fourth-order valence-electron chi connectivity index (χ4n) is 2.90. The molecule has 0 aromatic carbocycles. The van der Waals surface area contributed by atoms with E-state index in [1.807, 2.05) is 0 Å². The minimum atomic E-state index is -0.450. The van der Waals surface area contributed by atoms with Gasteiger partial charge in [0.2, 0.25) is 0 Å². The van der Waals surface area contributed by atoms with E-state index in [9.17, 15) is 9.59 Å². The maximum atomic E-state index is 12.5. The number of amides is 2. The minimum Gasteiger partial charge on any atom is -0.366 e. The van der Waals surface area contributed by atoms with Crippen molar-refractivity contribution >= 4 is 11.8 Å². The van der Waals surface area contributed by atoms with Gasteiger partial charge in [-0.25, -0.2) is 4.98 Å². The summed E-state index contributed by atoms with van der Waals surface area (Å²) in [5.74, 6) is -0.509. The second-order valence-corrected chi connectivity index (χ2v) is 5.35. The van der Waals surface area contributed by atoms with Crippen molar-refractivity contribution in [2.45, 2.75) is 18.8 Å². The second kappa shape index (κ2) is 5.97. The summed E-state index contributed by atoms with van der Waals surface area (Å²) < 4.78 is 0. The van der Waals surface area contributed by atoms with Crippen molar-refractivity contribution < 1.29 is 9.59 Å². The van der Waals surface area contributed by atoms with Gasteiger partial charge >= 0.3 is 0 Å². The average Bonchev–Trinajstić information content (AvgIpc) is 3.05. The number of aromatic amines is 1. The fourth-order valence-corrected chi connectivity index (χ4v) is 2.90. The van der Waals surface area contributed by atoms with Gasteiger partial charge in [-0.15, -0.1) is 0 Å². The molecule has 0 bridgehead atoms. The first-order valence-corrected chi connectivity index (χ1v) is 7.19. The van der Waals surface area contributed by atoms with Crippen molar-refractivity contribution in [3.63, 3.8) is 0 Å². The number of H-pyrrole nitrogens is 1. The summed E-state index contributed by atoms with van der Waals surface area (Å²) >= 11 is 0. The molecule has 114 valence electrons. The molecular formula is C15H17N5O2. The molecule has 1 fully saturated rings. The largest absolute Gasteiger partial charge is 0.366 e. The van der Waals surface area contributed by atoms with Crippen LogP contribution in [0.15, 0.2) is 30.9 Å². The van der Waals surface area contributed by atoms with Gasteiger partial charge in [-0.2, -0.15) is 0 Å². The Balaban J connectivity index is 1.78. The lowest BCUT2D eigenvalue weighted by molar-refractivity contribution is 0.0699. The van der Waals surface area contributed by atoms with E-state index in [1.54, 1.807) is 17.2 Å². The van der Waals surface area contributed by atoms with E-state index in [1.165, 1.54) is 18.6 Å². The Morgan fingerprint density at radius 2 is 2.23 bits per heavy atom. The number of primary amides is 1. The predicted octanol–water partition coefficient (Wildman–Crippen LogP) is 0.923. The zero-order valence-corrected chi connectivity index (χ0v) is 12.0. The Labute approximate surface area is 127 Å². The summed E-state index contributed by atoms with van der Waals surface area (Å²) in [6.07, 6.45) is 7.99. The zero-order chi connectivity index (χ0) is 15.5. The second-order valence-electron chi connectivity index (χ2n) is 5.35. The van der Waals surface area contributed by atoms with Crippen molar-refractivity contribution in [3.05, 3.63) is 47.8 Å². The maximum absolute atomic E-state index is 12.5. The van der Waals surface area contributed by atoms with Gasteiger partial charge in [0.15, 0.2) is 0 Å². The molecule has 3 heterocycles. The van der Waals surface area contributed by atoms with E-state index in [0.717, 1.165) is 18.5 Å². The third-order valence-electron chi connectivity index (χ3n) is 3.94. The number of piperidine rings is 1. The fraction of sp³-hybridized carbons (Fsp3) is 0.333. The normalized spacial score (nSPS) is 18.2. The van der Waals surface area contributed by atoms with Crippen LogP contribution in [0.3, 0.4) is 0 Å². The quantitative estimate of drug-likeness (QED) is 0.879. The number of hydrogen-bond donors (Lipinski definition) is 2. The van der Waals surface area contributed by atoms with E-state index < -0.39 is 5.91 Å². The smallest absolute Gasteiger partial charge is 0.274 e. The molecule has 7 heteroatoms. The van der Waals surface area contributed by atoms with Gasteiger partial charge in [0.25, 0.3) is 11.8 Å². The molecule has 2 aromatic rings. The van der Waals surface area contributed by atoms with Crippen LogP contribution in [0.25, 0.3) is 0 Å². The van der Waals surface area contributed by atoms with E-state index in [4.69, 9.17) is 5.73 Å². The molecule has 0 radical (unpaired) electrons. The van der Waals surface area contributed by atoms with Gasteiger partial charge in [-0.1, -0.05) is 0 Å². The molecule has 22 heavy (non-hydrogen) atoms. The average molecular weight is 299 g/mol. The highest BCUT2D eigenvalue weighted by Gasteiger charge is 2.28. The number of carbonyl (C=O) groups is 2. The number of aromatic nitrogens is 3. The SMILES string of the molecule is NC(=O)c1cc[nH]c1C1CCCN(C(=O)c2cnccn2)C1. The molecule has 1 aliphatic rings. The summed E-state index contributed by atoms with van der Waals surface area (Å²) in [6.45, 7) is 1.22. The Hall–Kier alpha value is -2.70. The molecule has 2 aromatic heterocycles. The van der Waals surface area contributed by atoms with E-state index in [2.05, 4.69) is 15.0 Å². The van der Waals surface area contributed by atoms with Crippen LogP contribution in [0.5, 0.6) is 0 Å². The van der Waals surface area contributed by atoms with Crippen molar-refractivity contribution in [2.24, 2.45) is 5.73 Å². The van der Waals surface area contributed by atoms with Gasteiger partial charge in [-0.3, -0.25) is 14.6 Å². The standard InChI is InChI=1S/C15H17N5O2/c16-14(21)11-3-4-19-13(11)10-2-1-7-20(9-10)15(22)12-8-17-5-6-18-12/h3-6,8,10,19H,1-2,7,9H2,(H2,16,21). The molecule has 7 nitrogen and oxygen atoms in total. The van der Waals surface area contributed by atoms with Crippen LogP contribution in [-0.4, -0.2) is 44.8 Å². The summed E-state index contributed by atoms with van der Waals surface area (Å²) in [4.78, 5) is 36.7. The minimum absolute atomic E-state index is 0.0758. The number of nitrogens with one attached hydrogen (secondary N) is 1. The Kier molecular flexibility index (Phi) is 3.86. The molecule has 2 amide bonds. The molecule has 3 rings (SSSR count). The van der Waals surface area contributed by atoms with Crippen LogP contribution in [0.2, 0.25) is 0 Å². The monoisotopic (exact) mass is 299 g/mol. The molecule has 1 aliphatic heterocycles. The number of carbonyl (C=O) groups excluding carboxylic acids is 2. The summed E-state index contributed by atoms with van der Waals surface area (Å²) in [5.41, 5.74) is 7.04. The van der Waals surface area contributed by atoms with Crippen LogP contribution in [0.1, 0.15) is 45.3 Å². The van der Waals surface area contributed by atoms with Crippen LogP contribution in [0, 0.1) is 0 Å². The van der Waals surface area contributed by atoms with E-state index in [-0.39, 0.29) is 11.8 Å². The summed E-state index contributed by atoms with van der Waals surface area (Å²) in [5, 5.41) is 0. The molecule has 1 unspecified atom stereocenters. The first kappa shape index (κ1) is 14.2. The van der Waals surface area contributed by atoms with Crippen molar-refractivity contribution in [2.75, 3.05) is 13.1 Å². The number of nitrogens with zero attached hydrogens (tertiary/aromatic N) is 3. The summed E-state index contributed by atoms with van der Waals surface area (Å²) in [7, 11) is 0. The lowest BCUT2D eigenvalue weighted by Crippen LogP contribution is -2.40. The molecule has 0 spiro atoms. The van der Waals surface area contributed by atoms with Crippen LogP contribution < -0.4 is 5.73 Å². The number of hydrogen-bond acceptors (Lipinski definition) is 4. The highest BCUT2D eigenvalue weighted by molar-refractivity contribution is 5.94. The van der Waals surface area contributed by atoms with Crippen LogP contribution in [0.4, 0.5) is 0 Å². The third kappa shape index (κ3) is 2.69. The predicted molar refractivity (Wildman–Crippen MR) is 79.2 cm³/mol. The maximum Gasteiger partial charge on any atom is 0.274 e. The van der Waals surface area contributed by atoms with Crippen molar-refractivity contribution in [3.8, 4) is 0 Å². The van der Waals surface area contributed by atoms with Gasteiger partial charge < -0.3 is 15.6 Å². The number of rotatable bonds is 3. The number of likely N-dealkylation sites (tertiary alicyclic amines) is 1. The molecule has 3 N–H and O–H groups in total. The molecular weight excluding hydrogens is 282 g/mol. The van der Waals surface area contributed by atoms with Gasteiger partial charge in [0, 0.05) is 43.3 Å². The molecule has 0 aliphatic carbocycles. The Morgan fingerprint density at radius 3 is 2.95 bits per heavy atom. The van der Waals surface area contributed by atoms with Crippen LogP contribution in [-0.2, 0) is 0 Å². The first-order chi connectivity index (χ1) is 10.7. The van der Waals surface area contributed by atoms with Gasteiger partial charge in [0.1, 0.15) is 5.69 Å². The topological polar surface area (TPSA) is 105 Å². The Morgan fingerprint density at radius 1 is 1.36 bits per heavy atom. The zero-order valence-electron chi connectivity index (χ0n) is 12.0. The van der Waals surface area contributed by atoms with E-state index in [0.29, 0.717) is 24.3 Å². The lowest BCUT2D eigenvalue weighted by Gasteiger charge is -2.32.